The van der Waals surface area contributed by atoms with Crippen LogP contribution in [0.4, 0.5) is 0 Å². The number of fused-ring (bicyclic) bond motifs is 1. The number of benzene rings is 1. The molecule has 26 heavy (non-hydrogen) atoms. The van der Waals surface area contributed by atoms with Crippen LogP contribution in [-0.4, -0.2) is 31.5 Å². The van der Waals surface area contributed by atoms with E-state index in [1.165, 1.54) is 0 Å². The third kappa shape index (κ3) is 2.96. The molecule has 6 nitrogen and oxygen atoms in total. The van der Waals surface area contributed by atoms with E-state index in [1.54, 1.807) is 30.5 Å². The standard InChI is InChI=1S/C19H18N4O2S/c20-9-11-22-26(24,25)15-6-4-13(5-7-15)16-8-10-21-19-17(16)12-18(23-19)14-2-1-3-14/h1-8,10,12,22H,9,11,20H2,(H,21,23). The Hall–Kier alpha value is -2.74. The first-order chi connectivity index (χ1) is 12.6. The summed E-state index contributed by atoms with van der Waals surface area (Å²) in [5.74, 6) is 0. The first-order valence-electron chi connectivity index (χ1n) is 8.25. The minimum absolute atomic E-state index is 0.214. The van der Waals surface area contributed by atoms with Crippen molar-refractivity contribution in [3.8, 4) is 11.1 Å². The van der Waals surface area contributed by atoms with Crippen LogP contribution in [0.25, 0.3) is 27.7 Å². The zero-order chi connectivity index (χ0) is 18.1. The SMILES string of the molecule is NCCNS(=O)(=O)c1ccc(-c2ccnc3[nH]c(C4=CC=C4)cc23)cc1. The average Bonchev–Trinajstić information content (AvgIpc) is 3.02. The van der Waals surface area contributed by atoms with Gasteiger partial charge in [-0.15, -0.1) is 0 Å². The van der Waals surface area contributed by atoms with E-state index in [4.69, 9.17) is 5.73 Å². The highest BCUT2D eigenvalue weighted by atomic mass is 32.2. The largest absolute Gasteiger partial charge is 0.339 e. The molecule has 0 unspecified atom stereocenters. The first-order valence-corrected chi connectivity index (χ1v) is 9.73. The molecule has 2 heterocycles. The fourth-order valence-electron chi connectivity index (χ4n) is 2.90. The lowest BCUT2D eigenvalue weighted by Gasteiger charge is -2.07. The molecule has 1 aromatic carbocycles. The van der Waals surface area contributed by atoms with Gasteiger partial charge in [-0.3, -0.25) is 0 Å². The van der Waals surface area contributed by atoms with Crippen molar-refractivity contribution < 1.29 is 8.42 Å². The van der Waals surface area contributed by atoms with Gasteiger partial charge >= 0.3 is 0 Å². The summed E-state index contributed by atoms with van der Waals surface area (Å²) in [6, 6.07) is 10.8. The number of sulfonamides is 1. The maximum atomic E-state index is 12.2. The van der Waals surface area contributed by atoms with Crippen molar-refractivity contribution in [2.75, 3.05) is 13.1 Å². The highest BCUT2D eigenvalue weighted by Crippen LogP contribution is 2.31. The zero-order valence-electron chi connectivity index (χ0n) is 13.9. The van der Waals surface area contributed by atoms with Crippen LogP contribution in [0, 0.1) is 0 Å². The molecule has 0 saturated heterocycles. The van der Waals surface area contributed by atoms with E-state index in [0.717, 1.165) is 33.4 Å². The molecule has 7 heteroatoms. The number of nitrogens with zero attached hydrogens (tertiary/aromatic N) is 1. The normalized spacial score (nSPS) is 13.7. The lowest BCUT2D eigenvalue weighted by Crippen LogP contribution is -2.29. The fraction of sp³-hybridized carbons (Fsp3) is 0.105. The monoisotopic (exact) mass is 366 g/mol. The number of rotatable bonds is 6. The van der Waals surface area contributed by atoms with E-state index in [9.17, 15) is 8.42 Å². The summed E-state index contributed by atoms with van der Waals surface area (Å²) >= 11 is 0. The number of nitrogens with two attached hydrogens (primary N) is 1. The molecule has 0 atom stereocenters. The van der Waals surface area contributed by atoms with Gasteiger partial charge in [-0.1, -0.05) is 30.4 Å². The smallest absolute Gasteiger partial charge is 0.240 e. The van der Waals surface area contributed by atoms with Crippen LogP contribution < -0.4 is 10.5 Å². The Bertz CT molecular complexity index is 1130. The Morgan fingerprint density at radius 3 is 2.58 bits per heavy atom. The topological polar surface area (TPSA) is 101 Å². The van der Waals surface area contributed by atoms with Gasteiger partial charge in [0.2, 0.25) is 10.0 Å². The lowest BCUT2D eigenvalue weighted by molar-refractivity contribution is 0.582. The molecule has 0 spiro atoms. The Morgan fingerprint density at radius 2 is 1.92 bits per heavy atom. The summed E-state index contributed by atoms with van der Waals surface area (Å²) in [7, 11) is -3.53. The number of aromatic amines is 1. The quantitative estimate of drug-likeness (QED) is 0.624. The van der Waals surface area contributed by atoms with Crippen LogP contribution in [-0.2, 0) is 10.0 Å². The van der Waals surface area contributed by atoms with Crippen molar-refractivity contribution in [1.82, 2.24) is 14.7 Å². The van der Waals surface area contributed by atoms with Crippen molar-refractivity contribution in [1.29, 1.82) is 0 Å². The lowest BCUT2D eigenvalue weighted by atomic mass is 10.0. The molecule has 0 radical (unpaired) electrons. The van der Waals surface area contributed by atoms with E-state index in [-0.39, 0.29) is 18.0 Å². The molecular weight excluding hydrogens is 348 g/mol. The molecule has 0 fully saturated rings. The van der Waals surface area contributed by atoms with Crippen molar-refractivity contribution in [2.24, 2.45) is 5.73 Å². The number of pyridine rings is 1. The fourth-order valence-corrected chi connectivity index (χ4v) is 3.94. The van der Waals surface area contributed by atoms with Crippen LogP contribution >= 0.6 is 0 Å². The van der Waals surface area contributed by atoms with Gasteiger partial charge in [-0.2, -0.15) is 0 Å². The summed E-state index contributed by atoms with van der Waals surface area (Å²) in [5.41, 5.74) is 10.3. The van der Waals surface area contributed by atoms with Gasteiger partial charge in [0.25, 0.3) is 0 Å². The zero-order valence-corrected chi connectivity index (χ0v) is 14.8. The van der Waals surface area contributed by atoms with Gasteiger partial charge < -0.3 is 10.7 Å². The molecule has 0 amide bonds. The van der Waals surface area contributed by atoms with E-state index in [2.05, 4.69) is 20.8 Å². The maximum Gasteiger partial charge on any atom is 0.240 e. The molecule has 0 bridgehead atoms. The average molecular weight is 366 g/mol. The Labute approximate surface area is 151 Å². The molecule has 0 aliphatic heterocycles. The van der Waals surface area contributed by atoms with Gasteiger partial charge in [-0.05, 0) is 41.0 Å². The summed E-state index contributed by atoms with van der Waals surface area (Å²) < 4.78 is 26.8. The maximum absolute atomic E-state index is 12.2. The summed E-state index contributed by atoms with van der Waals surface area (Å²) in [6.07, 6.45) is 7.82. The van der Waals surface area contributed by atoms with Crippen molar-refractivity contribution in [3.63, 3.8) is 0 Å². The number of H-pyrrole nitrogens is 1. The van der Waals surface area contributed by atoms with E-state index < -0.39 is 10.0 Å². The second-order valence-electron chi connectivity index (χ2n) is 6.00. The minimum Gasteiger partial charge on any atom is -0.339 e. The van der Waals surface area contributed by atoms with Gasteiger partial charge in [0.05, 0.1) is 4.90 Å². The highest BCUT2D eigenvalue weighted by Gasteiger charge is 2.15. The van der Waals surface area contributed by atoms with Crippen molar-refractivity contribution >= 4 is 26.6 Å². The number of allylic oxidation sites excluding steroid dienone is 4. The van der Waals surface area contributed by atoms with Crippen molar-refractivity contribution in [3.05, 3.63) is 66.5 Å². The molecule has 4 N–H and O–H groups in total. The van der Waals surface area contributed by atoms with Crippen molar-refractivity contribution in [2.45, 2.75) is 4.90 Å². The van der Waals surface area contributed by atoms with Crippen LogP contribution in [0.15, 0.2) is 65.7 Å². The Morgan fingerprint density at radius 1 is 1.15 bits per heavy atom. The molecule has 0 saturated carbocycles. The number of aromatic nitrogens is 2. The van der Waals surface area contributed by atoms with Gasteiger partial charge in [0.15, 0.2) is 0 Å². The van der Waals surface area contributed by atoms with Crippen LogP contribution in [0.1, 0.15) is 5.69 Å². The second-order valence-corrected chi connectivity index (χ2v) is 7.76. The Balaban J connectivity index is 1.70. The summed E-state index contributed by atoms with van der Waals surface area (Å²) in [4.78, 5) is 7.93. The van der Waals surface area contributed by atoms with Crippen LogP contribution in [0.5, 0.6) is 0 Å². The number of hydrogen-bond donors (Lipinski definition) is 3. The van der Waals surface area contributed by atoms with E-state index >= 15 is 0 Å². The number of nitrogens with one attached hydrogen (secondary N) is 2. The Kier molecular flexibility index (Phi) is 4.20. The van der Waals surface area contributed by atoms with Gasteiger partial charge in [0.1, 0.15) is 5.65 Å². The molecule has 132 valence electrons. The van der Waals surface area contributed by atoms with E-state index in [1.807, 2.05) is 24.3 Å². The summed E-state index contributed by atoms with van der Waals surface area (Å²) in [5, 5.41) is 1.00. The highest BCUT2D eigenvalue weighted by molar-refractivity contribution is 7.89. The summed E-state index contributed by atoms with van der Waals surface area (Å²) in [6.45, 7) is 0.471. The van der Waals surface area contributed by atoms with Crippen LogP contribution in [0.3, 0.4) is 0 Å². The van der Waals surface area contributed by atoms with Crippen LogP contribution in [0.2, 0.25) is 0 Å². The number of hydrogen-bond acceptors (Lipinski definition) is 4. The second kappa shape index (κ2) is 6.53. The van der Waals surface area contributed by atoms with E-state index in [0.29, 0.717) is 0 Å². The third-order valence-corrected chi connectivity index (χ3v) is 5.78. The minimum atomic E-state index is -3.53. The molecule has 1 aliphatic rings. The molecule has 1 aliphatic carbocycles. The molecular formula is C19H18N4O2S. The third-order valence-electron chi connectivity index (χ3n) is 4.31. The first kappa shape index (κ1) is 16.7. The molecule has 2 aromatic heterocycles. The van der Waals surface area contributed by atoms with Gasteiger partial charge in [0, 0.05) is 30.4 Å². The predicted molar refractivity (Wildman–Crippen MR) is 103 cm³/mol. The van der Waals surface area contributed by atoms with Gasteiger partial charge in [-0.25, -0.2) is 18.1 Å². The molecule has 4 rings (SSSR count). The molecule has 3 aromatic rings. The predicted octanol–water partition coefficient (Wildman–Crippen LogP) is 2.42.